The van der Waals surface area contributed by atoms with Gasteiger partial charge in [0.1, 0.15) is 5.75 Å². The van der Waals surface area contributed by atoms with Crippen molar-refractivity contribution in [2.24, 2.45) is 5.10 Å². The number of hydrogen-bond donors (Lipinski definition) is 2. The number of ether oxygens (including phenoxy) is 2. The predicted molar refractivity (Wildman–Crippen MR) is 115 cm³/mol. The highest BCUT2D eigenvalue weighted by molar-refractivity contribution is 9.11. The number of benzene rings is 2. The van der Waals surface area contributed by atoms with Crippen LogP contribution in [0.3, 0.4) is 0 Å². The van der Waals surface area contributed by atoms with E-state index in [1.54, 1.807) is 19.1 Å². The highest BCUT2D eigenvalue weighted by Crippen LogP contribution is 2.34. The van der Waals surface area contributed by atoms with Crippen LogP contribution >= 0.6 is 31.9 Å². The fourth-order valence-corrected chi connectivity index (χ4v) is 3.61. The quantitative estimate of drug-likeness (QED) is 0.322. The number of hydrogen-bond acceptors (Lipinski definition) is 5. The maximum absolute atomic E-state index is 11.9. The largest absolute Gasteiger partial charge is 0.480 e. The van der Waals surface area contributed by atoms with Crippen molar-refractivity contribution in [3.63, 3.8) is 0 Å². The minimum Gasteiger partial charge on any atom is -0.480 e. The van der Waals surface area contributed by atoms with Gasteiger partial charge in [-0.05, 0) is 75.0 Å². The van der Waals surface area contributed by atoms with Gasteiger partial charge in [-0.2, -0.15) is 5.10 Å². The molecule has 2 amide bonds. The maximum atomic E-state index is 11.9. The minimum absolute atomic E-state index is 0.195. The number of urea groups is 1. The molecular formula is C19H19Br2N3O4. The van der Waals surface area contributed by atoms with Crippen LogP contribution in [-0.2, 0) is 9.53 Å². The number of nitrogens with zero attached hydrogens (tertiary/aromatic N) is 1. The average Bonchev–Trinajstić information content (AvgIpc) is 2.63. The van der Waals surface area contributed by atoms with Gasteiger partial charge in [0.15, 0.2) is 6.61 Å². The minimum atomic E-state index is -0.448. The molecule has 148 valence electrons. The molecule has 0 saturated carbocycles. The third kappa shape index (κ3) is 6.65. The van der Waals surface area contributed by atoms with Gasteiger partial charge in [-0.25, -0.2) is 15.0 Å². The van der Waals surface area contributed by atoms with Crippen LogP contribution < -0.4 is 15.5 Å². The zero-order valence-corrected chi connectivity index (χ0v) is 18.5. The monoisotopic (exact) mass is 511 g/mol. The maximum Gasteiger partial charge on any atom is 0.344 e. The van der Waals surface area contributed by atoms with E-state index >= 15 is 0 Å². The molecule has 0 aliphatic heterocycles. The molecule has 2 N–H and O–H groups in total. The third-order valence-corrected chi connectivity index (χ3v) is 4.61. The van der Waals surface area contributed by atoms with Crippen molar-refractivity contribution in [2.75, 3.05) is 18.5 Å². The Labute approximate surface area is 179 Å². The Kier molecular flexibility index (Phi) is 8.46. The zero-order valence-electron chi connectivity index (χ0n) is 15.3. The van der Waals surface area contributed by atoms with E-state index in [1.165, 1.54) is 6.21 Å². The van der Waals surface area contributed by atoms with Crippen molar-refractivity contribution < 1.29 is 19.1 Å². The SMILES string of the molecule is CCOC(=O)COc1c(Br)cc(C=NNC(=O)Nc2ccccc2C)cc1Br. The molecule has 0 bridgehead atoms. The van der Waals surface area contributed by atoms with Crippen molar-refractivity contribution >= 4 is 55.8 Å². The molecule has 2 rings (SSSR count). The lowest BCUT2D eigenvalue weighted by atomic mass is 10.2. The van der Waals surface area contributed by atoms with E-state index in [0.717, 1.165) is 5.56 Å². The van der Waals surface area contributed by atoms with E-state index in [4.69, 9.17) is 9.47 Å². The van der Waals surface area contributed by atoms with Gasteiger partial charge in [-0.15, -0.1) is 0 Å². The lowest BCUT2D eigenvalue weighted by Gasteiger charge is -2.10. The molecule has 2 aromatic rings. The molecule has 0 spiro atoms. The van der Waals surface area contributed by atoms with Crippen LogP contribution in [0.2, 0.25) is 0 Å². The first-order valence-electron chi connectivity index (χ1n) is 8.34. The molecule has 0 heterocycles. The van der Waals surface area contributed by atoms with Crippen molar-refractivity contribution in [1.29, 1.82) is 0 Å². The number of hydrazone groups is 1. The van der Waals surface area contributed by atoms with E-state index in [0.29, 0.717) is 32.6 Å². The van der Waals surface area contributed by atoms with E-state index in [2.05, 4.69) is 47.7 Å². The number of aryl methyl sites for hydroxylation is 1. The summed E-state index contributed by atoms with van der Waals surface area (Å²) in [5.41, 5.74) is 4.78. The van der Waals surface area contributed by atoms with Gasteiger partial charge in [0.25, 0.3) is 0 Å². The Morgan fingerprint density at radius 2 is 1.86 bits per heavy atom. The summed E-state index contributed by atoms with van der Waals surface area (Å²) in [4.78, 5) is 23.3. The Balaban J connectivity index is 1.95. The lowest BCUT2D eigenvalue weighted by molar-refractivity contribution is -0.145. The molecule has 0 fully saturated rings. The number of para-hydroxylation sites is 1. The van der Waals surface area contributed by atoms with E-state index in [1.807, 2.05) is 31.2 Å². The number of nitrogens with one attached hydrogen (secondary N) is 2. The molecule has 0 aliphatic rings. The first-order chi connectivity index (χ1) is 13.4. The van der Waals surface area contributed by atoms with Gasteiger partial charge < -0.3 is 14.8 Å². The van der Waals surface area contributed by atoms with Crippen LogP contribution in [0.1, 0.15) is 18.1 Å². The van der Waals surface area contributed by atoms with Gasteiger partial charge in [0.2, 0.25) is 0 Å². The van der Waals surface area contributed by atoms with Gasteiger partial charge in [-0.3, -0.25) is 0 Å². The van der Waals surface area contributed by atoms with Crippen molar-refractivity contribution in [3.8, 4) is 5.75 Å². The second-order valence-corrected chi connectivity index (χ2v) is 7.26. The Bertz CT molecular complexity index is 864. The molecule has 0 unspecified atom stereocenters. The van der Waals surface area contributed by atoms with E-state index < -0.39 is 12.0 Å². The zero-order chi connectivity index (χ0) is 20.5. The van der Waals surface area contributed by atoms with Crippen molar-refractivity contribution in [2.45, 2.75) is 13.8 Å². The average molecular weight is 513 g/mol. The van der Waals surface area contributed by atoms with Crippen LogP contribution in [0.15, 0.2) is 50.4 Å². The molecule has 0 aliphatic carbocycles. The number of halogens is 2. The number of rotatable bonds is 7. The van der Waals surface area contributed by atoms with Crippen LogP contribution in [0.5, 0.6) is 5.75 Å². The number of amides is 2. The van der Waals surface area contributed by atoms with Gasteiger partial charge in [0.05, 0.1) is 21.8 Å². The second-order valence-electron chi connectivity index (χ2n) is 5.55. The number of esters is 1. The molecule has 9 heteroatoms. The Hall–Kier alpha value is -2.39. The number of anilines is 1. The highest BCUT2D eigenvalue weighted by atomic mass is 79.9. The van der Waals surface area contributed by atoms with Crippen LogP contribution in [0, 0.1) is 6.92 Å². The first-order valence-corrected chi connectivity index (χ1v) is 9.92. The normalized spacial score (nSPS) is 10.6. The predicted octanol–water partition coefficient (Wildman–Crippen LogP) is 4.62. The van der Waals surface area contributed by atoms with Crippen molar-refractivity contribution in [1.82, 2.24) is 5.43 Å². The summed E-state index contributed by atoms with van der Waals surface area (Å²) in [6.07, 6.45) is 1.49. The molecule has 0 saturated heterocycles. The molecule has 0 atom stereocenters. The van der Waals surface area contributed by atoms with Crippen molar-refractivity contribution in [3.05, 3.63) is 56.5 Å². The molecule has 28 heavy (non-hydrogen) atoms. The second kappa shape index (κ2) is 10.8. The fourth-order valence-electron chi connectivity index (χ4n) is 2.15. The Morgan fingerprint density at radius 1 is 1.18 bits per heavy atom. The molecule has 7 nitrogen and oxygen atoms in total. The summed E-state index contributed by atoms with van der Waals surface area (Å²) >= 11 is 6.78. The highest BCUT2D eigenvalue weighted by Gasteiger charge is 2.11. The van der Waals surface area contributed by atoms with Crippen LogP contribution in [-0.4, -0.2) is 31.4 Å². The van der Waals surface area contributed by atoms with Gasteiger partial charge in [0, 0.05) is 5.69 Å². The van der Waals surface area contributed by atoms with Crippen LogP contribution in [0.25, 0.3) is 0 Å². The summed E-state index contributed by atoms with van der Waals surface area (Å²) in [6.45, 7) is 3.73. The summed E-state index contributed by atoms with van der Waals surface area (Å²) < 4.78 is 11.5. The third-order valence-electron chi connectivity index (χ3n) is 3.43. The lowest BCUT2D eigenvalue weighted by Crippen LogP contribution is -2.24. The summed E-state index contributed by atoms with van der Waals surface area (Å²) in [5, 5.41) is 6.65. The standard InChI is InChI=1S/C19H19Br2N3O4/c1-3-27-17(25)11-28-18-14(20)8-13(9-15(18)21)10-22-24-19(26)23-16-7-5-4-6-12(16)2/h4-10H,3,11H2,1-2H3,(H2,23,24,26). The smallest absolute Gasteiger partial charge is 0.344 e. The molecule has 0 aromatic heterocycles. The topological polar surface area (TPSA) is 89.0 Å². The number of carbonyl (C=O) groups excluding carboxylic acids is 2. The first kappa shape index (κ1) is 21.9. The summed E-state index contributed by atoms with van der Waals surface area (Å²) in [5.74, 6) is 0.0197. The summed E-state index contributed by atoms with van der Waals surface area (Å²) in [7, 11) is 0. The van der Waals surface area contributed by atoms with E-state index in [9.17, 15) is 9.59 Å². The number of carbonyl (C=O) groups is 2. The molecular weight excluding hydrogens is 494 g/mol. The van der Waals surface area contributed by atoms with Gasteiger partial charge in [-0.1, -0.05) is 18.2 Å². The molecule has 2 aromatic carbocycles. The molecule has 0 radical (unpaired) electrons. The Morgan fingerprint density at radius 3 is 2.50 bits per heavy atom. The fraction of sp³-hybridized carbons (Fsp3) is 0.211. The van der Waals surface area contributed by atoms with Gasteiger partial charge >= 0.3 is 12.0 Å². The van der Waals surface area contributed by atoms with E-state index in [-0.39, 0.29) is 6.61 Å². The summed E-state index contributed by atoms with van der Waals surface area (Å²) in [6, 6.07) is 10.5. The van der Waals surface area contributed by atoms with Crippen LogP contribution in [0.4, 0.5) is 10.5 Å².